The van der Waals surface area contributed by atoms with Crippen molar-refractivity contribution in [2.24, 2.45) is 0 Å². The van der Waals surface area contributed by atoms with E-state index in [1.165, 1.54) is 5.56 Å². The molecule has 5 heteroatoms. The van der Waals surface area contributed by atoms with Crippen molar-refractivity contribution in [3.63, 3.8) is 0 Å². The topological polar surface area (TPSA) is 40.6 Å². The largest absolute Gasteiger partial charge is 0.342 e. The van der Waals surface area contributed by atoms with E-state index in [1.807, 2.05) is 54.8 Å². The van der Waals surface area contributed by atoms with E-state index in [1.54, 1.807) is 0 Å². The van der Waals surface area contributed by atoms with Crippen LogP contribution in [0.2, 0.25) is 0 Å². The zero-order chi connectivity index (χ0) is 16.4. The van der Waals surface area contributed by atoms with Gasteiger partial charge in [0.1, 0.15) is 0 Å². The maximum absolute atomic E-state index is 12.9. The van der Waals surface area contributed by atoms with Gasteiger partial charge in [0.05, 0.1) is 4.87 Å². The van der Waals surface area contributed by atoms with Crippen LogP contribution >= 0.6 is 11.8 Å². The number of thioether (sulfide) groups is 1. The fraction of sp³-hybridized carbons (Fsp3) is 0.556. The second-order valence-corrected chi connectivity index (χ2v) is 7.81. The summed E-state index contributed by atoms with van der Waals surface area (Å²) >= 11 is 1.89. The van der Waals surface area contributed by atoms with E-state index in [4.69, 9.17) is 0 Å². The molecular weight excluding hydrogens is 308 g/mol. The first kappa shape index (κ1) is 16.4. The second kappa shape index (κ2) is 6.56. The van der Waals surface area contributed by atoms with Gasteiger partial charge in [0, 0.05) is 37.4 Å². The van der Waals surface area contributed by atoms with Crippen LogP contribution in [-0.4, -0.2) is 51.9 Å². The molecule has 124 valence electrons. The third-order valence-corrected chi connectivity index (χ3v) is 6.47. The molecule has 0 N–H and O–H groups in total. The summed E-state index contributed by atoms with van der Waals surface area (Å²) in [7, 11) is 0. The molecule has 4 nitrogen and oxygen atoms in total. The number of amides is 2. The molecule has 2 aliphatic rings. The maximum atomic E-state index is 12.9. The summed E-state index contributed by atoms with van der Waals surface area (Å²) < 4.78 is 0. The highest BCUT2D eigenvalue weighted by atomic mass is 32.2. The first-order chi connectivity index (χ1) is 11.1. The van der Waals surface area contributed by atoms with Crippen LogP contribution in [0.25, 0.3) is 0 Å². The summed E-state index contributed by atoms with van der Waals surface area (Å²) in [5.41, 5.74) is 1.93. The summed E-state index contributed by atoms with van der Waals surface area (Å²) in [6, 6.07) is 7.82. The standard InChI is InChI=1S/C18H24N2O2S/c1-3-16(21)19-10-8-18(9-11-19)20(12-13-23-18)17(22)15-6-4-14(2)5-7-15/h4-7H,3,8-13H2,1-2H3. The van der Waals surface area contributed by atoms with Crippen molar-refractivity contribution in [1.29, 1.82) is 0 Å². The fourth-order valence-corrected chi connectivity index (χ4v) is 4.95. The lowest BCUT2D eigenvalue weighted by atomic mass is 10.0. The molecule has 2 amide bonds. The molecule has 1 aromatic rings. The summed E-state index contributed by atoms with van der Waals surface area (Å²) in [4.78, 5) is 28.7. The number of hydrogen-bond donors (Lipinski definition) is 0. The van der Waals surface area contributed by atoms with Crippen LogP contribution in [0, 0.1) is 6.92 Å². The number of hydrogen-bond acceptors (Lipinski definition) is 3. The molecule has 1 spiro atoms. The van der Waals surface area contributed by atoms with Gasteiger partial charge in [0.25, 0.3) is 5.91 Å². The molecule has 0 atom stereocenters. The number of likely N-dealkylation sites (tertiary alicyclic amines) is 1. The third kappa shape index (κ3) is 3.11. The summed E-state index contributed by atoms with van der Waals surface area (Å²) in [5, 5.41) is 0. The van der Waals surface area contributed by atoms with Gasteiger partial charge in [-0.2, -0.15) is 0 Å². The van der Waals surface area contributed by atoms with Gasteiger partial charge in [-0.25, -0.2) is 0 Å². The molecule has 2 heterocycles. The van der Waals surface area contributed by atoms with E-state index in [0.29, 0.717) is 6.42 Å². The van der Waals surface area contributed by atoms with E-state index in [-0.39, 0.29) is 16.7 Å². The summed E-state index contributed by atoms with van der Waals surface area (Å²) in [5.74, 6) is 1.34. The van der Waals surface area contributed by atoms with Crippen LogP contribution in [0.5, 0.6) is 0 Å². The average molecular weight is 332 g/mol. The van der Waals surface area contributed by atoms with Gasteiger partial charge >= 0.3 is 0 Å². The Labute approximate surface area is 142 Å². The predicted molar refractivity (Wildman–Crippen MR) is 93.5 cm³/mol. The molecule has 1 aromatic carbocycles. The molecule has 2 saturated heterocycles. The molecule has 2 aliphatic heterocycles. The zero-order valence-electron chi connectivity index (χ0n) is 13.9. The number of benzene rings is 1. The molecule has 0 aliphatic carbocycles. The number of carbonyl (C=O) groups excluding carboxylic acids is 2. The Morgan fingerprint density at radius 3 is 2.39 bits per heavy atom. The number of piperidine rings is 1. The van der Waals surface area contributed by atoms with Crippen LogP contribution in [0.3, 0.4) is 0 Å². The van der Waals surface area contributed by atoms with Crippen molar-refractivity contribution in [2.75, 3.05) is 25.4 Å². The molecule has 0 saturated carbocycles. The van der Waals surface area contributed by atoms with Gasteiger partial charge in [0.15, 0.2) is 0 Å². The Bertz CT molecular complexity index is 592. The lowest BCUT2D eigenvalue weighted by molar-refractivity contribution is -0.132. The van der Waals surface area contributed by atoms with Crippen LogP contribution in [0.4, 0.5) is 0 Å². The number of aryl methyl sites for hydroxylation is 1. The third-order valence-electron chi connectivity index (χ3n) is 4.92. The van der Waals surface area contributed by atoms with Gasteiger partial charge in [-0.1, -0.05) is 24.6 Å². The Morgan fingerprint density at radius 1 is 1.13 bits per heavy atom. The normalized spacial score (nSPS) is 20.1. The maximum Gasteiger partial charge on any atom is 0.254 e. The fourth-order valence-electron chi connectivity index (χ4n) is 3.49. The number of rotatable bonds is 2. The first-order valence-corrected chi connectivity index (χ1v) is 9.35. The SMILES string of the molecule is CCC(=O)N1CCC2(CC1)SCCN2C(=O)c1ccc(C)cc1. The molecule has 3 rings (SSSR count). The van der Waals surface area contributed by atoms with E-state index >= 15 is 0 Å². The highest BCUT2D eigenvalue weighted by Crippen LogP contribution is 2.44. The molecule has 2 fully saturated rings. The van der Waals surface area contributed by atoms with E-state index in [0.717, 1.165) is 43.8 Å². The van der Waals surface area contributed by atoms with Crippen molar-refractivity contribution in [1.82, 2.24) is 9.80 Å². The monoisotopic (exact) mass is 332 g/mol. The van der Waals surface area contributed by atoms with Crippen LogP contribution in [-0.2, 0) is 4.79 Å². The Hall–Kier alpha value is -1.49. The highest BCUT2D eigenvalue weighted by molar-refractivity contribution is 8.00. The van der Waals surface area contributed by atoms with Crippen LogP contribution in [0.15, 0.2) is 24.3 Å². The molecule has 0 unspecified atom stereocenters. The molecule has 0 bridgehead atoms. The van der Waals surface area contributed by atoms with Crippen molar-refractivity contribution >= 4 is 23.6 Å². The Morgan fingerprint density at radius 2 is 1.78 bits per heavy atom. The van der Waals surface area contributed by atoms with Crippen molar-refractivity contribution in [3.8, 4) is 0 Å². The van der Waals surface area contributed by atoms with Gasteiger partial charge in [0.2, 0.25) is 5.91 Å². The Kier molecular flexibility index (Phi) is 4.67. The van der Waals surface area contributed by atoms with Crippen LogP contribution in [0.1, 0.15) is 42.1 Å². The van der Waals surface area contributed by atoms with Crippen molar-refractivity contribution < 1.29 is 9.59 Å². The predicted octanol–water partition coefficient (Wildman–Crippen LogP) is 2.91. The van der Waals surface area contributed by atoms with Gasteiger partial charge in [-0.15, -0.1) is 11.8 Å². The number of carbonyl (C=O) groups is 2. The number of nitrogens with zero attached hydrogens (tertiary/aromatic N) is 2. The lowest BCUT2D eigenvalue weighted by Gasteiger charge is -2.44. The Balaban J connectivity index is 1.74. The second-order valence-electron chi connectivity index (χ2n) is 6.35. The molecular formula is C18H24N2O2S. The van der Waals surface area contributed by atoms with Gasteiger partial charge < -0.3 is 9.80 Å². The zero-order valence-corrected chi connectivity index (χ0v) is 14.7. The average Bonchev–Trinajstić information content (AvgIpc) is 2.98. The molecule has 0 aromatic heterocycles. The minimum atomic E-state index is -0.119. The lowest BCUT2D eigenvalue weighted by Crippen LogP contribution is -2.53. The summed E-state index contributed by atoms with van der Waals surface area (Å²) in [6.07, 6.45) is 2.31. The van der Waals surface area contributed by atoms with E-state index in [9.17, 15) is 9.59 Å². The minimum absolute atomic E-state index is 0.119. The molecule has 0 radical (unpaired) electrons. The molecule has 23 heavy (non-hydrogen) atoms. The minimum Gasteiger partial charge on any atom is -0.342 e. The van der Waals surface area contributed by atoms with Crippen molar-refractivity contribution in [3.05, 3.63) is 35.4 Å². The first-order valence-electron chi connectivity index (χ1n) is 8.36. The smallest absolute Gasteiger partial charge is 0.254 e. The summed E-state index contributed by atoms with van der Waals surface area (Å²) in [6.45, 7) is 6.26. The van der Waals surface area contributed by atoms with Gasteiger partial charge in [-0.3, -0.25) is 9.59 Å². The quantitative estimate of drug-likeness (QED) is 0.836. The van der Waals surface area contributed by atoms with E-state index < -0.39 is 0 Å². The van der Waals surface area contributed by atoms with Crippen LogP contribution < -0.4 is 0 Å². The van der Waals surface area contributed by atoms with Gasteiger partial charge in [-0.05, 0) is 31.9 Å². The van der Waals surface area contributed by atoms with Crippen molar-refractivity contribution in [2.45, 2.75) is 38.0 Å². The highest BCUT2D eigenvalue weighted by Gasteiger charge is 2.46. The van der Waals surface area contributed by atoms with E-state index in [2.05, 4.69) is 4.90 Å².